The number of hydrogen-bond acceptors (Lipinski definition) is 2. The lowest BCUT2D eigenvalue weighted by Gasteiger charge is -2.24. The van der Waals surface area contributed by atoms with Gasteiger partial charge in [-0.15, -0.1) is 0 Å². The van der Waals surface area contributed by atoms with Crippen molar-refractivity contribution in [2.45, 2.75) is 13.5 Å². The largest absolute Gasteiger partial charge is 0.351 e. The highest BCUT2D eigenvalue weighted by Gasteiger charge is 2.18. The Morgan fingerprint density at radius 2 is 1.72 bits per heavy atom. The molecule has 0 bridgehead atoms. The molecule has 0 atom stereocenters. The highest BCUT2D eigenvalue weighted by atomic mass is 15.1. The number of likely N-dealkylation sites (N-methyl/N-ethyl adjacent to an activating group) is 1. The monoisotopic (exact) mass is 327 g/mol. The average molecular weight is 327 g/mol. The maximum absolute atomic E-state index is 4.92. The zero-order valence-electron chi connectivity index (χ0n) is 14.6. The van der Waals surface area contributed by atoms with E-state index in [4.69, 9.17) is 4.98 Å². The lowest BCUT2D eigenvalue weighted by Crippen LogP contribution is -2.16. The van der Waals surface area contributed by atoms with E-state index < -0.39 is 0 Å². The summed E-state index contributed by atoms with van der Waals surface area (Å²) < 4.78 is 2.29. The summed E-state index contributed by atoms with van der Waals surface area (Å²) in [6, 6.07) is 18.8. The Morgan fingerprint density at radius 1 is 1.00 bits per heavy atom. The van der Waals surface area contributed by atoms with E-state index in [0.717, 1.165) is 34.7 Å². The molecule has 124 valence electrons. The molecule has 1 aliphatic rings. The summed E-state index contributed by atoms with van der Waals surface area (Å²) in [6.07, 6.45) is 4.28. The Hall–Kier alpha value is -3.07. The molecule has 0 aliphatic carbocycles. The number of imidazole rings is 1. The molecule has 3 heteroatoms. The van der Waals surface area contributed by atoms with Crippen molar-refractivity contribution in [1.82, 2.24) is 14.5 Å². The van der Waals surface area contributed by atoms with Crippen molar-refractivity contribution in [2.75, 3.05) is 7.05 Å². The van der Waals surface area contributed by atoms with Crippen LogP contribution in [0, 0.1) is 0 Å². The topological polar surface area (TPSA) is 21.1 Å². The molecule has 0 N–H and O–H groups in total. The van der Waals surface area contributed by atoms with Gasteiger partial charge in [0, 0.05) is 31.1 Å². The van der Waals surface area contributed by atoms with E-state index in [9.17, 15) is 0 Å². The SMILES string of the molecule is C=C1C(C)=CC(c2nc3ccccc3n2Cc2ccccc2)=CN1C. The average Bonchev–Trinajstić information content (AvgIpc) is 2.99. The van der Waals surface area contributed by atoms with Gasteiger partial charge >= 0.3 is 0 Å². The van der Waals surface area contributed by atoms with E-state index in [2.05, 4.69) is 77.7 Å². The Morgan fingerprint density at radius 3 is 2.48 bits per heavy atom. The van der Waals surface area contributed by atoms with Crippen LogP contribution in [0.4, 0.5) is 0 Å². The first-order chi connectivity index (χ1) is 12.1. The molecule has 2 aromatic carbocycles. The molecular weight excluding hydrogens is 306 g/mol. The van der Waals surface area contributed by atoms with E-state index in [1.54, 1.807) is 0 Å². The third kappa shape index (κ3) is 2.78. The lowest BCUT2D eigenvalue weighted by molar-refractivity contribution is 0.577. The van der Waals surface area contributed by atoms with Crippen LogP contribution in [0.2, 0.25) is 0 Å². The molecule has 0 radical (unpaired) electrons. The predicted molar refractivity (Wildman–Crippen MR) is 104 cm³/mol. The van der Waals surface area contributed by atoms with Gasteiger partial charge in [0.2, 0.25) is 0 Å². The smallest absolute Gasteiger partial charge is 0.142 e. The Labute approximate surface area is 148 Å². The van der Waals surface area contributed by atoms with Crippen LogP contribution >= 0.6 is 0 Å². The molecule has 4 rings (SSSR count). The third-order valence-corrected chi connectivity index (χ3v) is 4.68. The van der Waals surface area contributed by atoms with Gasteiger partial charge in [0.05, 0.1) is 11.0 Å². The molecule has 0 spiro atoms. The van der Waals surface area contributed by atoms with Crippen LogP contribution in [0.15, 0.2) is 84.7 Å². The quantitative estimate of drug-likeness (QED) is 0.687. The normalized spacial score (nSPS) is 14.6. The van der Waals surface area contributed by atoms with E-state index in [1.807, 2.05) is 19.2 Å². The highest BCUT2D eigenvalue weighted by Crippen LogP contribution is 2.29. The number of para-hydroxylation sites is 2. The first-order valence-electron chi connectivity index (χ1n) is 8.45. The molecule has 3 nitrogen and oxygen atoms in total. The summed E-state index contributed by atoms with van der Waals surface area (Å²) in [6.45, 7) is 7.01. The number of benzene rings is 2. The van der Waals surface area contributed by atoms with Crippen LogP contribution in [-0.4, -0.2) is 21.5 Å². The number of hydrogen-bond donors (Lipinski definition) is 0. The minimum absolute atomic E-state index is 0.797. The summed E-state index contributed by atoms with van der Waals surface area (Å²) in [4.78, 5) is 6.99. The van der Waals surface area contributed by atoms with Crippen LogP contribution < -0.4 is 0 Å². The summed E-state index contributed by atoms with van der Waals surface area (Å²) in [5.74, 6) is 0.990. The van der Waals surface area contributed by atoms with E-state index in [0.29, 0.717) is 0 Å². The number of aromatic nitrogens is 2. The summed E-state index contributed by atoms with van der Waals surface area (Å²) >= 11 is 0. The zero-order chi connectivity index (χ0) is 17.4. The number of nitrogens with zero attached hydrogens (tertiary/aromatic N) is 3. The summed E-state index contributed by atoms with van der Waals surface area (Å²) in [5, 5.41) is 0. The van der Waals surface area contributed by atoms with E-state index in [1.165, 1.54) is 11.1 Å². The van der Waals surface area contributed by atoms with Crippen molar-refractivity contribution in [2.24, 2.45) is 0 Å². The maximum atomic E-state index is 4.92. The fourth-order valence-corrected chi connectivity index (χ4v) is 3.26. The maximum Gasteiger partial charge on any atom is 0.142 e. The second-order valence-corrected chi connectivity index (χ2v) is 6.47. The molecule has 3 aromatic rings. The van der Waals surface area contributed by atoms with Crippen molar-refractivity contribution in [3.63, 3.8) is 0 Å². The fourth-order valence-electron chi connectivity index (χ4n) is 3.26. The van der Waals surface area contributed by atoms with Crippen LogP contribution in [0.5, 0.6) is 0 Å². The van der Waals surface area contributed by atoms with Gasteiger partial charge in [-0.1, -0.05) is 49.0 Å². The molecule has 0 fully saturated rings. The molecule has 25 heavy (non-hydrogen) atoms. The van der Waals surface area contributed by atoms with Gasteiger partial charge in [-0.25, -0.2) is 4.98 Å². The molecule has 0 saturated heterocycles. The minimum Gasteiger partial charge on any atom is -0.351 e. The van der Waals surface area contributed by atoms with Crippen LogP contribution in [0.25, 0.3) is 16.6 Å². The molecule has 2 heterocycles. The van der Waals surface area contributed by atoms with Crippen LogP contribution in [-0.2, 0) is 6.54 Å². The van der Waals surface area contributed by atoms with Gasteiger partial charge in [-0.05, 0) is 36.3 Å². The molecule has 0 saturated carbocycles. The second kappa shape index (κ2) is 6.10. The zero-order valence-corrected chi connectivity index (χ0v) is 14.6. The lowest BCUT2D eigenvalue weighted by atomic mass is 10.1. The van der Waals surface area contributed by atoms with Crippen molar-refractivity contribution >= 4 is 16.6 Å². The van der Waals surface area contributed by atoms with Crippen molar-refractivity contribution in [3.05, 3.63) is 96.1 Å². The van der Waals surface area contributed by atoms with Crippen molar-refractivity contribution in [1.29, 1.82) is 0 Å². The first-order valence-corrected chi connectivity index (χ1v) is 8.45. The number of allylic oxidation sites excluding steroid dienone is 3. The first kappa shape index (κ1) is 15.5. The molecule has 0 amide bonds. The van der Waals surface area contributed by atoms with Crippen molar-refractivity contribution in [3.8, 4) is 0 Å². The Balaban J connectivity index is 1.88. The summed E-state index contributed by atoms with van der Waals surface area (Å²) in [5.41, 5.74) is 6.74. The summed E-state index contributed by atoms with van der Waals surface area (Å²) in [7, 11) is 2.03. The van der Waals surface area contributed by atoms with Crippen molar-refractivity contribution < 1.29 is 0 Å². The standard InChI is InChI=1S/C22H21N3/c1-16-13-19(15-24(3)17(16)2)22-23-20-11-7-8-12-21(20)25(22)14-18-9-5-4-6-10-18/h4-13,15H,2,14H2,1,3H3. The van der Waals surface area contributed by atoms with E-state index in [-0.39, 0.29) is 0 Å². The Kier molecular flexibility index (Phi) is 3.77. The van der Waals surface area contributed by atoms with Gasteiger partial charge in [-0.3, -0.25) is 0 Å². The molecule has 1 aromatic heterocycles. The molecule has 0 unspecified atom stereocenters. The highest BCUT2D eigenvalue weighted by molar-refractivity contribution is 5.83. The predicted octanol–water partition coefficient (Wildman–Crippen LogP) is 4.83. The van der Waals surface area contributed by atoms with Gasteiger partial charge in [-0.2, -0.15) is 0 Å². The minimum atomic E-state index is 0.797. The number of fused-ring (bicyclic) bond motifs is 1. The third-order valence-electron chi connectivity index (χ3n) is 4.68. The number of rotatable bonds is 3. The second-order valence-electron chi connectivity index (χ2n) is 6.47. The molecular formula is C22H21N3. The molecule has 1 aliphatic heterocycles. The van der Waals surface area contributed by atoms with E-state index >= 15 is 0 Å². The van der Waals surface area contributed by atoms with Gasteiger partial charge in [0.15, 0.2) is 0 Å². The van der Waals surface area contributed by atoms with Gasteiger partial charge in [0.1, 0.15) is 5.82 Å². The Bertz CT molecular complexity index is 1010. The fraction of sp³-hybridized carbons (Fsp3) is 0.136. The van der Waals surface area contributed by atoms with Crippen LogP contribution in [0.1, 0.15) is 18.3 Å². The van der Waals surface area contributed by atoms with Gasteiger partial charge < -0.3 is 9.47 Å². The van der Waals surface area contributed by atoms with Crippen LogP contribution in [0.3, 0.4) is 0 Å². The van der Waals surface area contributed by atoms with Gasteiger partial charge in [0.25, 0.3) is 0 Å².